The van der Waals surface area contributed by atoms with E-state index >= 15 is 0 Å². The van der Waals surface area contributed by atoms with Gasteiger partial charge < -0.3 is 5.32 Å². The fourth-order valence-electron chi connectivity index (χ4n) is 1.52. The molecule has 0 aromatic heterocycles. The molecular weight excluding hydrogens is 250 g/mol. The average molecular weight is 271 g/mol. The first-order chi connectivity index (χ1) is 9.29. The maximum atomic E-state index is 3.97. The van der Waals surface area contributed by atoms with Gasteiger partial charge in [0, 0.05) is 22.5 Å². The van der Waals surface area contributed by atoms with Crippen LogP contribution in [0.15, 0.2) is 71.0 Å². The summed E-state index contributed by atoms with van der Waals surface area (Å²) in [5.74, 6) is 0. The van der Waals surface area contributed by atoms with Crippen LogP contribution in [0.25, 0.3) is 5.70 Å². The Hall–Kier alpha value is -1.67. The van der Waals surface area contributed by atoms with E-state index in [1.807, 2.05) is 27.0 Å². The van der Waals surface area contributed by atoms with Gasteiger partial charge in [-0.3, -0.25) is 0 Å². The van der Waals surface area contributed by atoms with Crippen molar-refractivity contribution in [3.05, 3.63) is 66.7 Å². The zero-order valence-corrected chi connectivity index (χ0v) is 12.6. The highest BCUT2D eigenvalue weighted by Crippen LogP contribution is 2.28. The van der Waals surface area contributed by atoms with Crippen LogP contribution in [0.2, 0.25) is 0 Å². The highest BCUT2D eigenvalue weighted by molar-refractivity contribution is 7.99. The minimum absolute atomic E-state index is 0.945. The standard InChI is InChI=1S/C15H15NS.C2H6/c1-12(16-2)13-7-6-10-15(11-13)17-14-8-4-3-5-9-14;1-2/h3-11,16H,1H2,2H3;1-2H3. The first-order valence-corrected chi connectivity index (χ1v) is 7.31. The molecule has 100 valence electrons. The topological polar surface area (TPSA) is 12.0 Å². The maximum Gasteiger partial charge on any atom is 0.0338 e. The Kier molecular flexibility index (Phi) is 6.83. The maximum absolute atomic E-state index is 3.97. The van der Waals surface area contributed by atoms with Crippen LogP contribution in [-0.4, -0.2) is 7.05 Å². The van der Waals surface area contributed by atoms with Crippen molar-refractivity contribution in [2.24, 2.45) is 0 Å². The summed E-state index contributed by atoms with van der Waals surface area (Å²) in [5, 5.41) is 3.07. The van der Waals surface area contributed by atoms with Gasteiger partial charge in [0.2, 0.25) is 0 Å². The highest BCUT2D eigenvalue weighted by Gasteiger charge is 2.00. The molecule has 0 atom stereocenters. The van der Waals surface area contributed by atoms with E-state index in [0.29, 0.717) is 0 Å². The highest BCUT2D eigenvalue weighted by atomic mass is 32.2. The summed E-state index contributed by atoms with van der Waals surface area (Å²) in [4.78, 5) is 2.48. The molecular formula is C17H21NS. The van der Waals surface area contributed by atoms with E-state index < -0.39 is 0 Å². The van der Waals surface area contributed by atoms with Crippen LogP contribution in [0.3, 0.4) is 0 Å². The van der Waals surface area contributed by atoms with Crippen LogP contribution in [0.1, 0.15) is 19.4 Å². The Morgan fingerprint density at radius 2 is 1.58 bits per heavy atom. The molecule has 2 rings (SSSR count). The quantitative estimate of drug-likeness (QED) is 0.834. The van der Waals surface area contributed by atoms with E-state index in [1.165, 1.54) is 9.79 Å². The molecule has 2 aromatic rings. The van der Waals surface area contributed by atoms with Crippen molar-refractivity contribution in [3.63, 3.8) is 0 Å². The Morgan fingerprint density at radius 3 is 2.21 bits per heavy atom. The lowest BCUT2D eigenvalue weighted by molar-refractivity contribution is 1.13. The minimum atomic E-state index is 0.945. The molecule has 2 heteroatoms. The van der Waals surface area contributed by atoms with Gasteiger partial charge in [0.1, 0.15) is 0 Å². The molecule has 1 N–H and O–H groups in total. The van der Waals surface area contributed by atoms with Gasteiger partial charge in [-0.15, -0.1) is 0 Å². The molecule has 0 aliphatic carbocycles. The van der Waals surface area contributed by atoms with E-state index in [0.717, 1.165) is 11.3 Å². The monoisotopic (exact) mass is 271 g/mol. The molecule has 0 aliphatic rings. The summed E-state index contributed by atoms with van der Waals surface area (Å²) in [6, 6.07) is 18.8. The van der Waals surface area contributed by atoms with Gasteiger partial charge in [0.05, 0.1) is 0 Å². The summed E-state index contributed by atoms with van der Waals surface area (Å²) in [5.41, 5.74) is 2.08. The van der Waals surface area contributed by atoms with Crippen molar-refractivity contribution >= 4 is 17.5 Å². The number of nitrogens with one attached hydrogen (secondary N) is 1. The van der Waals surface area contributed by atoms with Crippen LogP contribution < -0.4 is 5.32 Å². The molecule has 0 fully saturated rings. The molecule has 0 spiro atoms. The van der Waals surface area contributed by atoms with E-state index in [4.69, 9.17) is 0 Å². The van der Waals surface area contributed by atoms with Crippen LogP contribution in [0, 0.1) is 0 Å². The van der Waals surface area contributed by atoms with Gasteiger partial charge in [0.15, 0.2) is 0 Å². The van der Waals surface area contributed by atoms with Crippen LogP contribution in [0.4, 0.5) is 0 Å². The first-order valence-electron chi connectivity index (χ1n) is 6.49. The van der Waals surface area contributed by atoms with Gasteiger partial charge in [-0.25, -0.2) is 0 Å². The van der Waals surface area contributed by atoms with Gasteiger partial charge in [0.25, 0.3) is 0 Å². The van der Waals surface area contributed by atoms with E-state index in [9.17, 15) is 0 Å². The average Bonchev–Trinajstić information content (AvgIpc) is 2.50. The number of hydrogen-bond donors (Lipinski definition) is 1. The second-order valence-electron chi connectivity index (χ2n) is 3.67. The van der Waals surface area contributed by atoms with Crippen molar-refractivity contribution in [1.29, 1.82) is 0 Å². The second-order valence-corrected chi connectivity index (χ2v) is 4.82. The van der Waals surface area contributed by atoms with Gasteiger partial charge >= 0.3 is 0 Å². The summed E-state index contributed by atoms with van der Waals surface area (Å²) < 4.78 is 0. The SMILES string of the molecule is C=C(NC)c1cccc(Sc2ccccc2)c1.CC. The number of hydrogen-bond acceptors (Lipinski definition) is 2. The Bertz CT molecular complexity index is 506. The summed E-state index contributed by atoms with van der Waals surface area (Å²) in [7, 11) is 1.89. The van der Waals surface area contributed by atoms with E-state index in [-0.39, 0.29) is 0 Å². The van der Waals surface area contributed by atoms with Crippen LogP contribution in [-0.2, 0) is 0 Å². The number of benzene rings is 2. The van der Waals surface area contributed by atoms with Crippen molar-refractivity contribution in [1.82, 2.24) is 5.32 Å². The third kappa shape index (κ3) is 4.84. The fraction of sp³-hybridized carbons (Fsp3) is 0.176. The predicted molar refractivity (Wildman–Crippen MR) is 86.4 cm³/mol. The third-order valence-electron chi connectivity index (χ3n) is 2.46. The second kappa shape index (κ2) is 8.44. The number of rotatable bonds is 4. The van der Waals surface area contributed by atoms with Gasteiger partial charge in [-0.1, -0.05) is 62.5 Å². The van der Waals surface area contributed by atoms with Crippen molar-refractivity contribution in [3.8, 4) is 0 Å². The van der Waals surface area contributed by atoms with E-state index in [2.05, 4.69) is 60.4 Å². The summed E-state index contributed by atoms with van der Waals surface area (Å²) in [6.07, 6.45) is 0. The molecule has 0 saturated heterocycles. The molecule has 0 bridgehead atoms. The molecule has 2 aromatic carbocycles. The van der Waals surface area contributed by atoms with Crippen molar-refractivity contribution in [2.75, 3.05) is 7.05 Å². The lowest BCUT2D eigenvalue weighted by atomic mass is 10.2. The summed E-state index contributed by atoms with van der Waals surface area (Å²) >= 11 is 1.76. The molecule has 0 saturated carbocycles. The summed E-state index contributed by atoms with van der Waals surface area (Å²) in [6.45, 7) is 7.97. The predicted octanol–water partition coefficient (Wildman–Crippen LogP) is 5.05. The fourth-order valence-corrected chi connectivity index (χ4v) is 2.41. The Morgan fingerprint density at radius 1 is 0.947 bits per heavy atom. The molecule has 0 amide bonds. The first kappa shape index (κ1) is 15.4. The van der Waals surface area contributed by atoms with Gasteiger partial charge in [-0.05, 0) is 29.8 Å². The smallest absolute Gasteiger partial charge is 0.0338 e. The largest absolute Gasteiger partial charge is 0.388 e. The van der Waals surface area contributed by atoms with Crippen molar-refractivity contribution < 1.29 is 0 Å². The molecule has 0 heterocycles. The molecule has 0 unspecified atom stereocenters. The molecule has 19 heavy (non-hydrogen) atoms. The lowest BCUT2D eigenvalue weighted by Crippen LogP contribution is -2.02. The lowest BCUT2D eigenvalue weighted by Gasteiger charge is -2.07. The minimum Gasteiger partial charge on any atom is -0.388 e. The van der Waals surface area contributed by atoms with Crippen molar-refractivity contribution in [2.45, 2.75) is 23.6 Å². The molecule has 0 radical (unpaired) electrons. The zero-order valence-electron chi connectivity index (χ0n) is 11.8. The van der Waals surface area contributed by atoms with E-state index in [1.54, 1.807) is 11.8 Å². The molecule has 0 aliphatic heterocycles. The normalized spacial score (nSPS) is 9.21. The Balaban J connectivity index is 0.000000861. The van der Waals surface area contributed by atoms with Gasteiger partial charge in [-0.2, -0.15) is 0 Å². The van der Waals surface area contributed by atoms with Crippen LogP contribution >= 0.6 is 11.8 Å². The Labute approximate surface area is 120 Å². The zero-order chi connectivity index (χ0) is 14.1. The third-order valence-corrected chi connectivity index (χ3v) is 3.46. The molecule has 1 nitrogen and oxygen atoms in total. The van der Waals surface area contributed by atoms with Crippen LogP contribution in [0.5, 0.6) is 0 Å².